The number of fused-ring (bicyclic) bond motifs is 1. The van der Waals surface area contributed by atoms with E-state index in [1.807, 2.05) is 0 Å². The van der Waals surface area contributed by atoms with Crippen LogP contribution in [0.4, 0.5) is 5.69 Å². The number of hydrogen-bond donors (Lipinski definition) is 3. The first-order valence-electron chi connectivity index (χ1n) is 9.61. The first-order valence-corrected chi connectivity index (χ1v) is 11.1. The van der Waals surface area contributed by atoms with Crippen LogP contribution in [0.15, 0.2) is 35.2 Å². The summed E-state index contributed by atoms with van der Waals surface area (Å²) in [5.74, 6) is 0.808. The van der Waals surface area contributed by atoms with Gasteiger partial charge in [-0.3, -0.25) is 4.79 Å². The number of carbonyl (C=O) groups excluding carboxylic acids is 1. The van der Waals surface area contributed by atoms with Gasteiger partial charge in [0, 0.05) is 35.2 Å². The molecule has 1 saturated heterocycles. The molecule has 2 fully saturated rings. The first-order chi connectivity index (χ1) is 13.5. The summed E-state index contributed by atoms with van der Waals surface area (Å²) in [7, 11) is -2.13. The number of hydrogen-bond acceptors (Lipinski definition) is 5. The third kappa shape index (κ3) is 3.33. The predicted octanol–water partition coefficient (Wildman–Crippen LogP) is 2.12. The van der Waals surface area contributed by atoms with Crippen molar-refractivity contribution in [1.82, 2.24) is 10.0 Å². The van der Waals surface area contributed by atoms with Gasteiger partial charge in [0.15, 0.2) is 0 Å². The molecule has 5 rings (SSSR count). The number of benzene rings is 2. The van der Waals surface area contributed by atoms with Crippen molar-refractivity contribution >= 4 is 44.8 Å². The van der Waals surface area contributed by atoms with Gasteiger partial charge in [-0.2, -0.15) is 0 Å². The summed E-state index contributed by atoms with van der Waals surface area (Å²) >= 11 is 0. The molecule has 0 radical (unpaired) electrons. The monoisotopic (exact) mass is 437 g/mol. The third-order valence-corrected chi connectivity index (χ3v) is 7.96. The van der Waals surface area contributed by atoms with Crippen molar-refractivity contribution in [2.24, 2.45) is 11.8 Å². The van der Waals surface area contributed by atoms with Crippen molar-refractivity contribution in [3.05, 3.63) is 35.9 Å². The predicted molar refractivity (Wildman–Crippen MR) is 113 cm³/mol. The van der Waals surface area contributed by atoms with E-state index >= 15 is 0 Å². The highest BCUT2D eigenvalue weighted by molar-refractivity contribution is 7.89. The molecule has 1 saturated carbocycles. The second-order valence-corrected chi connectivity index (χ2v) is 9.63. The molecule has 2 aromatic rings. The van der Waals surface area contributed by atoms with Gasteiger partial charge < -0.3 is 15.4 Å². The zero-order chi connectivity index (χ0) is 19.5. The largest absolute Gasteiger partial charge is 0.380 e. The van der Waals surface area contributed by atoms with E-state index in [-0.39, 0.29) is 35.4 Å². The summed E-state index contributed by atoms with van der Waals surface area (Å²) in [6, 6.07) is 8.16. The average Bonchev–Trinajstić information content (AvgIpc) is 3.26. The van der Waals surface area contributed by atoms with Crippen LogP contribution in [0.5, 0.6) is 0 Å². The summed E-state index contributed by atoms with van der Waals surface area (Å²) in [6.07, 6.45) is 1.47. The SMILES string of the molecule is CO[C@H]1C[C@@H]2CNC[C@@H]2C[C@@H]1NS(=O)(=O)c1ccc2c3c(cccc13)C(=O)N2.Cl. The van der Waals surface area contributed by atoms with Gasteiger partial charge in [-0.15, -0.1) is 12.4 Å². The van der Waals surface area contributed by atoms with Crippen LogP contribution in [-0.4, -0.2) is 46.7 Å². The summed E-state index contributed by atoms with van der Waals surface area (Å²) in [4.78, 5) is 12.3. The maximum absolute atomic E-state index is 13.3. The number of rotatable bonds is 4. The molecule has 2 aliphatic heterocycles. The maximum Gasteiger partial charge on any atom is 0.256 e. The minimum atomic E-state index is -3.77. The minimum Gasteiger partial charge on any atom is -0.380 e. The lowest BCUT2D eigenvalue weighted by atomic mass is 9.78. The highest BCUT2D eigenvalue weighted by atomic mass is 35.5. The molecule has 0 unspecified atom stereocenters. The zero-order valence-electron chi connectivity index (χ0n) is 16.0. The van der Waals surface area contributed by atoms with E-state index < -0.39 is 10.0 Å². The van der Waals surface area contributed by atoms with Crippen LogP contribution >= 0.6 is 12.4 Å². The number of methoxy groups -OCH3 is 1. The molecule has 1 aliphatic carbocycles. The van der Waals surface area contributed by atoms with Crippen molar-refractivity contribution in [3.8, 4) is 0 Å². The molecule has 156 valence electrons. The molecule has 0 spiro atoms. The summed E-state index contributed by atoms with van der Waals surface area (Å²) in [6.45, 7) is 1.90. The van der Waals surface area contributed by atoms with Gasteiger partial charge in [0.25, 0.3) is 5.91 Å². The van der Waals surface area contributed by atoms with Crippen LogP contribution in [0.2, 0.25) is 0 Å². The fourth-order valence-electron chi connectivity index (χ4n) is 5.02. The molecule has 4 atom stereocenters. The van der Waals surface area contributed by atoms with Crippen LogP contribution in [-0.2, 0) is 14.8 Å². The molecule has 0 bridgehead atoms. The molecule has 3 aliphatic rings. The fourth-order valence-corrected chi connectivity index (χ4v) is 6.50. The van der Waals surface area contributed by atoms with Gasteiger partial charge in [-0.25, -0.2) is 13.1 Å². The fraction of sp³-hybridized carbons (Fsp3) is 0.450. The Morgan fingerprint density at radius 3 is 2.62 bits per heavy atom. The summed E-state index contributed by atoms with van der Waals surface area (Å²) in [5.41, 5.74) is 1.17. The third-order valence-electron chi connectivity index (χ3n) is 6.41. The maximum atomic E-state index is 13.3. The number of anilines is 1. The van der Waals surface area contributed by atoms with Gasteiger partial charge in [0.05, 0.1) is 11.0 Å². The Morgan fingerprint density at radius 1 is 1.10 bits per heavy atom. The summed E-state index contributed by atoms with van der Waals surface area (Å²) in [5, 5.41) is 7.42. The van der Waals surface area contributed by atoms with Gasteiger partial charge in [-0.05, 0) is 56.0 Å². The van der Waals surface area contributed by atoms with E-state index in [0.29, 0.717) is 33.9 Å². The highest BCUT2D eigenvalue weighted by Gasteiger charge is 2.41. The standard InChI is InChI=1S/C20H23N3O4S.ClH/c1-27-17-8-12-10-21-9-11(12)7-16(17)23-28(25,26)18-6-5-15-19-13(18)3-2-4-14(19)20(24)22-15;/h2-6,11-12,16-17,21,23H,7-10H2,1H3,(H,22,24);1H/t11-,12+,16-,17-;/m0./s1. The molecular weight excluding hydrogens is 414 g/mol. The second-order valence-electron chi connectivity index (χ2n) is 7.95. The van der Waals surface area contributed by atoms with Crippen LogP contribution in [0, 0.1) is 11.8 Å². The van der Waals surface area contributed by atoms with Crippen LogP contribution < -0.4 is 15.4 Å². The lowest BCUT2D eigenvalue weighted by molar-refractivity contribution is 0.0194. The van der Waals surface area contributed by atoms with E-state index in [9.17, 15) is 13.2 Å². The van der Waals surface area contributed by atoms with Crippen molar-refractivity contribution in [2.75, 3.05) is 25.5 Å². The lowest BCUT2D eigenvalue weighted by Crippen LogP contribution is -2.50. The summed E-state index contributed by atoms with van der Waals surface area (Å²) < 4.78 is 35.1. The smallest absolute Gasteiger partial charge is 0.256 e. The molecule has 7 nitrogen and oxygen atoms in total. The molecule has 0 aromatic heterocycles. The number of amides is 1. The Labute approximate surface area is 176 Å². The number of carbonyl (C=O) groups is 1. The van der Waals surface area contributed by atoms with Crippen molar-refractivity contribution in [1.29, 1.82) is 0 Å². The van der Waals surface area contributed by atoms with Crippen LogP contribution in [0.1, 0.15) is 23.2 Å². The quantitative estimate of drug-likeness (QED) is 0.680. The Bertz CT molecular complexity index is 1070. The van der Waals surface area contributed by atoms with E-state index in [4.69, 9.17) is 4.74 Å². The lowest BCUT2D eigenvalue weighted by Gasteiger charge is -2.37. The Hall–Kier alpha value is -1.71. The van der Waals surface area contributed by atoms with Crippen molar-refractivity contribution in [2.45, 2.75) is 29.9 Å². The van der Waals surface area contributed by atoms with Crippen molar-refractivity contribution < 1.29 is 17.9 Å². The molecular formula is C20H24ClN3O4S. The van der Waals surface area contributed by atoms with E-state index in [2.05, 4.69) is 15.4 Å². The molecule has 1 amide bonds. The molecule has 2 heterocycles. The molecule has 3 N–H and O–H groups in total. The number of ether oxygens (including phenoxy) is 1. The number of nitrogens with one attached hydrogen (secondary N) is 3. The second kappa shape index (κ2) is 7.52. The minimum absolute atomic E-state index is 0. The van der Waals surface area contributed by atoms with Gasteiger partial charge >= 0.3 is 0 Å². The van der Waals surface area contributed by atoms with Gasteiger partial charge in [0.2, 0.25) is 10.0 Å². The molecule has 9 heteroatoms. The van der Waals surface area contributed by atoms with E-state index in [1.54, 1.807) is 37.4 Å². The normalized spacial score (nSPS) is 28.1. The highest BCUT2D eigenvalue weighted by Crippen LogP contribution is 2.38. The zero-order valence-corrected chi connectivity index (χ0v) is 17.6. The Kier molecular flexibility index (Phi) is 5.33. The molecule has 2 aromatic carbocycles. The van der Waals surface area contributed by atoms with Gasteiger partial charge in [-0.1, -0.05) is 12.1 Å². The van der Waals surface area contributed by atoms with E-state index in [1.165, 1.54) is 0 Å². The molecule has 29 heavy (non-hydrogen) atoms. The Morgan fingerprint density at radius 2 is 1.86 bits per heavy atom. The first kappa shape index (κ1) is 20.6. The van der Waals surface area contributed by atoms with Gasteiger partial charge in [0.1, 0.15) is 0 Å². The number of sulfonamides is 1. The Balaban J connectivity index is 0.00000205. The van der Waals surface area contributed by atoms with Crippen molar-refractivity contribution in [3.63, 3.8) is 0 Å². The van der Waals surface area contributed by atoms with Crippen LogP contribution in [0.25, 0.3) is 10.8 Å². The topological polar surface area (TPSA) is 96.5 Å². The van der Waals surface area contributed by atoms with E-state index in [0.717, 1.165) is 25.9 Å². The number of halogens is 1. The average molecular weight is 438 g/mol. The van der Waals surface area contributed by atoms with Crippen LogP contribution in [0.3, 0.4) is 0 Å².